The summed E-state index contributed by atoms with van der Waals surface area (Å²) in [6, 6.07) is 0. The Morgan fingerprint density at radius 1 is 1.54 bits per heavy atom. The van der Waals surface area contributed by atoms with Crippen molar-refractivity contribution >= 4 is 5.97 Å². The zero-order valence-electron chi connectivity index (χ0n) is 8.49. The van der Waals surface area contributed by atoms with Gasteiger partial charge in [0.2, 0.25) is 0 Å². The van der Waals surface area contributed by atoms with E-state index >= 15 is 0 Å². The van der Waals surface area contributed by atoms with Crippen LogP contribution in [0.15, 0.2) is 0 Å². The highest BCUT2D eigenvalue weighted by atomic mass is 16.4. The lowest BCUT2D eigenvalue weighted by atomic mass is 9.99. The van der Waals surface area contributed by atoms with Crippen LogP contribution >= 0.6 is 0 Å². The summed E-state index contributed by atoms with van der Waals surface area (Å²) < 4.78 is 0. The van der Waals surface area contributed by atoms with Crippen molar-refractivity contribution in [2.75, 3.05) is 19.6 Å². The number of carboxylic acids is 1. The summed E-state index contributed by atoms with van der Waals surface area (Å²) in [5.41, 5.74) is 0. The lowest BCUT2D eigenvalue weighted by molar-refractivity contribution is -0.142. The van der Waals surface area contributed by atoms with E-state index < -0.39 is 5.97 Å². The van der Waals surface area contributed by atoms with Gasteiger partial charge in [0.1, 0.15) is 0 Å². The predicted octanol–water partition coefficient (Wildman–Crippen LogP) is 1.44. The minimum absolute atomic E-state index is 0.142. The zero-order valence-corrected chi connectivity index (χ0v) is 8.49. The Kier molecular flexibility index (Phi) is 3.72. The Morgan fingerprint density at radius 2 is 2.23 bits per heavy atom. The van der Waals surface area contributed by atoms with Crippen molar-refractivity contribution in [1.82, 2.24) is 4.90 Å². The van der Waals surface area contributed by atoms with E-state index in [1.54, 1.807) is 0 Å². The Labute approximate surface area is 79.7 Å². The molecule has 0 spiro atoms. The molecule has 0 unspecified atom stereocenters. The molecule has 0 saturated carbocycles. The quantitative estimate of drug-likeness (QED) is 0.720. The second kappa shape index (κ2) is 4.61. The van der Waals surface area contributed by atoms with E-state index in [0.717, 1.165) is 19.6 Å². The first-order valence-corrected chi connectivity index (χ1v) is 5.10. The average Bonchev–Trinajstić information content (AvgIpc) is 2.43. The van der Waals surface area contributed by atoms with Crippen molar-refractivity contribution in [3.8, 4) is 0 Å². The summed E-state index contributed by atoms with van der Waals surface area (Å²) in [7, 11) is 0. The minimum Gasteiger partial charge on any atom is -0.481 e. The Balaban J connectivity index is 2.36. The van der Waals surface area contributed by atoms with Crippen LogP contribution in [0.5, 0.6) is 0 Å². The second-order valence-electron chi connectivity index (χ2n) is 4.04. The zero-order chi connectivity index (χ0) is 9.84. The first-order chi connectivity index (χ1) is 6.15. The van der Waals surface area contributed by atoms with Gasteiger partial charge < -0.3 is 10.0 Å². The van der Waals surface area contributed by atoms with Crippen LogP contribution in [0, 0.1) is 11.8 Å². The maximum Gasteiger partial charge on any atom is 0.308 e. The van der Waals surface area contributed by atoms with Crippen LogP contribution in [0.4, 0.5) is 0 Å². The molecular formula is C10H19NO2. The van der Waals surface area contributed by atoms with Crippen LogP contribution in [0.3, 0.4) is 0 Å². The number of hydrogen-bond acceptors (Lipinski definition) is 2. The van der Waals surface area contributed by atoms with Gasteiger partial charge in [-0.05, 0) is 18.9 Å². The number of carboxylic acid groups (broad SMARTS) is 1. The van der Waals surface area contributed by atoms with Crippen LogP contribution in [0.1, 0.15) is 26.7 Å². The molecule has 76 valence electrons. The summed E-state index contributed by atoms with van der Waals surface area (Å²) in [6.07, 6.45) is 2.36. The van der Waals surface area contributed by atoms with Gasteiger partial charge in [0, 0.05) is 13.1 Å². The van der Waals surface area contributed by atoms with Crippen LogP contribution in [-0.2, 0) is 4.79 Å². The molecule has 3 nitrogen and oxygen atoms in total. The van der Waals surface area contributed by atoms with Crippen molar-refractivity contribution in [3.05, 3.63) is 0 Å². The van der Waals surface area contributed by atoms with E-state index in [-0.39, 0.29) is 5.92 Å². The highest BCUT2D eigenvalue weighted by molar-refractivity contribution is 5.71. The molecule has 0 amide bonds. The third-order valence-electron chi connectivity index (χ3n) is 2.83. The van der Waals surface area contributed by atoms with Gasteiger partial charge in [-0.3, -0.25) is 4.79 Å². The molecule has 1 aliphatic rings. The standard InChI is InChI=1S/C10H19NO2/c1-3-4-5-11-6-8(2)9(7-11)10(12)13/h8-9H,3-7H2,1-2H3,(H,12,13)/t8-,9-/m1/s1. The maximum atomic E-state index is 10.8. The van der Waals surface area contributed by atoms with E-state index in [0.29, 0.717) is 5.92 Å². The molecule has 0 bridgehead atoms. The van der Waals surface area contributed by atoms with Crippen molar-refractivity contribution in [2.45, 2.75) is 26.7 Å². The fraction of sp³-hybridized carbons (Fsp3) is 0.900. The first kappa shape index (κ1) is 10.5. The lowest BCUT2D eigenvalue weighted by Crippen LogP contribution is -2.24. The van der Waals surface area contributed by atoms with Gasteiger partial charge in [0.25, 0.3) is 0 Å². The summed E-state index contributed by atoms with van der Waals surface area (Å²) in [4.78, 5) is 13.1. The van der Waals surface area contributed by atoms with Gasteiger partial charge in [0.15, 0.2) is 0 Å². The number of likely N-dealkylation sites (tertiary alicyclic amines) is 1. The van der Waals surface area contributed by atoms with Gasteiger partial charge >= 0.3 is 5.97 Å². The summed E-state index contributed by atoms with van der Waals surface area (Å²) in [5, 5.41) is 8.90. The smallest absolute Gasteiger partial charge is 0.308 e. The van der Waals surface area contributed by atoms with E-state index in [9.17, 15) is 4.79 Å². The summed E-state index contributed by atoms with van der Waals surface area (Å²) >= 11 is 0. The molecule has 1 aliphatic heterocycles. The second-order valence-corrected chi connectivity index (χ2v) is 4.04. The molecule has 0 aromatic heterocycles. The van der Waals surface area contributed by atoms with Gasteiger partial charge in [-0.2, -0.15) is 0 Å². The van der Waals surface area contributed by atoms with Crippen molar-refractivity contribution in [2.24, 2.45) is 11.8 Å². The summed E-state index contributed by atoms with van der Waals surface area (Å²) in [5.74, 6) is -0.460. The highest BCUT2D eigenvalue weighted by Gasteiger charge is 2.33. The first-order valence-electron chi connectivity index (χ1n) is 5.10. The van der Waals surface area contributed by atoms with E-state index in [1.807, 2.05) is 6.92 Å². The fourth-order valence-electron chi connectivity index (χ4n) is 1.95. The molecule has 1 saturated heterocycles. The Hall–Kier alpha value is -0.570. The number of nitrogens with zero attached hydrogens (tertiary/aromatic N) is 1. The lowest BCUT2D eigenvalue weighted by Gasteiger charge is -2.13. The number of hydrogen-bond donors (Lipinski definition) is 1. The molecule has 0 aromatic rings. The topological polar surface area (TPSA) is 40.5 Å². The molecule has 3 heteroatoms. The summed E-state index contributed by atoms with van der Waals surface area (Å²) in [6.45, 7) is 6.96. The molecule has 0 aromatic carbocycles. The third-order valence-corrected chi connectivity index (χ3v) is 2.83. The SMILES string of the molecule is CCCCN1C[C@@H](C)[C@H](C(=O)O)C1. The molecule has 1 N–H and O–H groups in total. The van der Waals surface area contributed by atoms with E-state index in [4.69, 9.17) is 5.11 Å². The molecule has 13 heavy (non-hydrogen) atoms. The monoisotopic (exact) mass is 185 g/mol. The largest absolute Gasteiger partial charge is 0.481 e. The number of carbonyl (C=O) groups is 1. The van der Waals surface area contributed by atoms with Crippen LogP contribution < -0.4 is 0 Å². The van der Waals surface area contributed by atoms with Gasteiger partial charge in [-0.1, -0.05) is 20.3 Å². The van der Waals surface area contributed by atoms with Gasteiger partial charge in [-0.15, -0.1) is 0 Å². The number of aliphatic carboxylic acids is 1. The van der Waals surface area contributed by atoms with Gasteiger partial charge in [-0.25, -0.2) is 0 Å². The highest BCUT2D eigenvalue weighted by Crippen LogP contribution is 2.23. The predicted molar refractivity (Wildman–Crippen MR) is 51.6 cm³/mol. The molecule has 2 atom stereocenters. The molecule has 1 heterocycles. The van der Waals surface area contributed by atoms with E-state index in [2.05, 4.69) is 11.8 Å². The van der Waals surface area contributed by atoms with Crippen molar-refractivity contribution < 1.29 is 9.90 Å². The maximum absolute atomic E-state index is 10.8. The van der Waals surface area contributed by atoms with Crippen molar-refractivity contribution in [1.29, 1.82) is 0 Å². The fourth-order valence-corrected chi connectivity index (χ4v) is 1.95. The Morgan fingerprint density at radius 3 is 2.69 bits per heavy atom. The molecule has 0 radical (unpaired) electrons. The number of unbranched alkanes of at least 4 members (excludes halogenated alkanes) is 1. The normalized spacial score (nSPS) is 29.4. The molecule has 1 fully saturated rings. The van der Waals surface area contributed by atoms with Crippen molar-refractivity contribution in [3.63, 3.8) is 0 Å². The molecule has 0 aliphatic carbocycles. The van der Waals surface area contributed by atoms with Crippen LogP contribution in [-0.4, -0.2) is 35.6 Å². The molecule has 1 rings (SSSR count). The minimum atomic E-state index is -0.633. The van der Waals surface area contributed by atoms with Crippen LogP contribution in [0.25, 0.3) is 0 Å². The Bertz CT molecular complexity index is 182. The molecular weight excluding hydrogens is 166 g/mol. The van der Waals surface area contributed by atoms with E-state index in [1.165, 1.54) is 12.8 Å². The third kappa shape index (κ3) is 2.69. The number of rotatable bonds is 4. The van der Waals surface area contributed by atoms with Crippen LogP contribution in [0.2, 0.25) is 0 Å². The van der Waals surface area contributed by atoms with Gasteiger partial charge in [0.05, 0.1) is 5.92 Å². The average molecular weight is 185 g/mol.